The fraction of sp³-hybridized carbons (Fsp3) is 0.556. The summed E-state index contributed by atoms with van der Waals surface area (Å²) in [7, 11) is 0. The first-order valence-corrected chi connectivity index (χ1v) is 8.46. The second-order valence-electron chi connectivity index (χ2n) is 6.66. The van der Waals surface area contributed by atoms with E-state index in [2.05, 4.69) is 19.2 Å². The van der Waals surface area contributed by atoms with E-state index in [1.54, 1.807) is 24.0 Å². The van der Waals surface area contributed by atoms with Crippen molar-refractivity contribution in [2.24, 2.45) is 5.92 Å². The third-order valence-electron chi connectivity index (χ3n) is 4.20. The molecule has 1 atom stereocenters. The van der Waals surface area contributed by atoms with Crippen molar-refractivity contribution in [3.63, 3.8) is 0 Å². The molecule has 1 aliphatic rings. The molecule has 2 rings (SSSR count). The number of nitrogens with one attached hydrogen (secondary N) is 1. The van der Waals surface area contributed by atoms with E-state index in [-0.39, 0.29) is 17.8 Å². The predicted octanol–water partition coefficient (Wildman–Crippen LogP) is 2.27. The van der Waals surface area contributed by atoms with Crippen LogP contribution in [0.5, 0.6) is 0 Å². The Morgan fingerprint density at radius 1 is 1.29 bits per heavy atom. The number of hydrogen-bond donors (Lipinski definition) is 1. The van der Waals surface area contributed by atoms with Gasteiger partial charge in [-0.2, -0.15) is 0 Å². The SMILES string of the molecule is CC(C)CN1CCN(C(=O)NCCc2ccc(F)cc2)[C@H](C)C1=O. The molecule has 1 saturated heterocycles. The van der Waals surface area contributed by atoms with Gasteiger partial charge in [-0.25, -0.2) is 9.18 Å². The van der Waals surface area contributed by atoms with E-state index in [9.17, 15) is 14.0 Å². The molecule has 1 aromatic rings. The van der Waals surface area contributed by atoms with Gasteiger partial charge in [0.2, 0.25) is 5.91 Å². The average Bonchev–Trinajstić information content (AvgIpc) is 2.53. The summed E-state index contributed by atoms with van der Waals surface area (Å²) in [4.78, 5) is 28.1. The van der Waals surface area contributed by atoms with Crippen molar-refractivity contribution < 1.29 is 14.0 Å². The highest BCUT2D eigenvalue weighted by Gasteiger charge is 2.34. The lowest BCUT2D eigenvalue weighted by Gasteiger charge is -2.39. The molecule has 1 heterocycles. The summed E-state index contributed by atoms with van der Waals surface area (Å²) in [6, 6.07) is 5.57. The van der Waals surface area contributed by atoms with Gasteiger partial charge < -0.3 is 15.1 Å². The molecule has 0 spiro atoms. The van der Waals surface area contributed by atoms with E-state index in [0.717, 1.165) is 12.1 Å². The summed E-state index contributed by atoms with van der Waals surface area (Å²) in [6.45, 7) is 8.23. The number of carbonyl (C=O) groups excluding carboxylic acids is 2. The topological polar surface area (TPSA) is 52.6 Å². The van der Waals surface area contributed by atoms with E-state index in [0.29, 0.717) is 32.0 Å². The molecular formula is C18H26FN3O2. The molecule has 6 heteroatoms. The van der Waals surface area contributed by atoms with Crippen molar-refractivity contribution in [1.29, 1.82) is 0 Å². The van der Waals surface area contributed by atoms with Crippen LogP contribution >= 0.6 is 0 Å². The van der Waals surface area contributed by atoms with Crippen LogP contribution in [-0.4, -0.2) is 54.0 Å². The van der Waals surface area contributed by atoms with Crippen LogP contribution in [0.2, 0.25) is 0 Å². The van der Waals surface area contributed by atoms with E-state index < -0.39 is 6.04 Å². The Morgan fingerprint density at radius 2 is 1.96 bits per heavy atom. The third kappa shape index (κ3) is 4.69. The highest BCUT2D eigenvalue weighted by molar-refractivity contribution is 5.88. The Labute approximate surface area is 142 Å². The van der Waals surface area contributed by atoms with Gasteiger partial charge in [-0.3, -0.25) is 4.79 Å². The summed E-state index contributed by atoms with van der Waals surface area (Å²) in [5.41, 5.74) is 0.961. The van der Waals surface area contributed by atoms with Crippen LogP contribution in [0.1, 0.15) is 26.3 Å². The van der Waals surface area contributed by atoms with Crippen LogP contribution in [-0.2, 0) is 11.2 Å². The molecule has 0 saturated carbocycles. The molecule has 1 aliphatic heterocycles. The Hall–Kier alpha value is -2.11. The lowest BCUT2D eigenvalue weighted by molar-refractivity contribution is -0.139. The first-order valence-electron chi connectivity index (χ1n) is 8.46. The van der Waals surface area contributed by atoms with Gasteiger partial charge >= 0.3 is 6.03 Å². The van der Waals surface area contributed by atoms with E-state index in [4.69, 9.17) is 0 Å². The minimum absolute atomic E-state index is 0.00337. The van der Waals surface area contributed by atoms with Gasteiger partial charge in [0.25, 0.3) is 0 Å². The monoisotopic (exact) mass is 335 g/mol. The molecule has 132 valence electrons. The molecule has 0 aromatic heterocycles. The molecule has 3 amide bonds. The van der Waals surface area contributed by atoms with Gasteiger partial charge in [-0.15, -0.1) is 0 Å². The minimum atomic E-state index is -0.441. The van der Waals surface area contributed by atoms with Crippen LogP contribution < -0.4 is 5.32 Å². The molecule has 0 radical (unpaired) electrons. The normalized spacial score (nSPS) is 18.2. The van der Waals surface area contributed by atoms with Gasteiger partial charge in [0, 0.05) is 26.2 Å². The molecule has 1 fully saturated rings. The van der Waals surface area contributed by atoms with Crippen LogP contribution in [0.15, 0.2) is 24.3 Å². The van der Waals surface area contributed by atoms with Crippen LogP contribution in [0.25, 0.3) is 0 Å². The quantitative estimate of drug-likeness (QED) is 0.897. The average molecular weight is 335 g/mol. The Morgan fingerprint density at radius 3 is 2.58 bits per heavy atom. The number of hydrogen-bond acceptors (Lipinski definition) is 2. The van der Waals surface area contributed by atoms with Crippen LogP contribution in [0, 0.1) is 11.7 Å². The maximum atomic E-state index is 12.9. The summed E-state index contributed by atoms with van der Waals surface area (Å²) in [5, 5.41) is 2.84. The fourth-order valence-corrected chi connectivity index (χ4v) is 2.90. The standard InChI is InChI=1S/C18H26FN3O2/c1-13(2)12-21-10-11-22(14(3)17(21)23)18(24)20-9-8-15-4-6-16(19)7-5-15/h4-7,13-14H,8-12H2,1-3H3,(H,20,24)/t14-/m1/s1. The van der Waals surface area contributed by atoms with Gasteiger partial charge in [-0.05, 0) is 37.0 Å². The lowest BCUT2D eigenvalue weighted by atomic mass is 10.1. The van der Waals surface area contributed by atoms with Crippen molar-refractivity contribution in [3.8, 4) is 0 Å². The third-order valence-corrected chi connectivity index (χ3v) is 4.20. The number of benzene rings is 1. The maximum absolute atomic E-state index is 12.9. The highest BCUT2D eigenvalue weighted by Crippen LogP contribution is 2.13. The Kier molecular flexibility index (Phi) is 6.17. The molecule has 1 aromatic carbocycles. The number of carbonyl (C=O) groups is 2. The van der Waals surface area contributed by atoms with Crippen molar-refractivity contribution in [2.45, 2.75) is 33.2 Å². The van der Waals surface area contributed by atoms with Crippen molar-refractivity contribution >= 4 is 11.9 Å². The smallest absolute Gasteiger partial charge is 0.318 e. The first-order chi connectivity index (χ1) is 11.4. The van der Waals surface area contributed by atoms with Crippen LogP contribution in [0.3, 0.4) is 0 Å². The summed E-state index contributed by atoms with van der Waals surface area (Å²) < 4.78 is 12.9. The molecule has 0 bridgehead atoms. The van der Waals surface area contributed by atoms with Gasteiger partial charge in [0.1, 0.15) is 11.9 Å². The molecular weight excluding hydrogens is 309 g/mol. The fourth-order valence-electron chi connectivity index (χ4n) is 2.90. The number of amides is 3. The summed E-state index contributed by atoms with van der Waals surface area (Å²) in [5.74, 6) is 0.148. The minimum Gasteiger partial charge on any atom is -0.339 e. The van der Waals surface area contributed by atoms with Crippen LogP contribution in [0.4, 0.5) is 9.18 Å². The molecule has 5 nitrogen and oxygen atoms in total. The van der Waals surface area contributed by atoms with E-state index in [1.807, 2.05) is 4.90 Å². The number of rotatable bonds is 5. The van der Waals surface area contributed by atoms with Crippen molar-refractivity contribution in [3.05, 3.63) is 35.6 Å². The molecule has 0 unspecified atom stereocenters. The van der Waals surface area contributed by atoms with Crippen molar-refractivity contribution in [2.75, 3.05) is 26.2 Å². The number of nitrogens with zero attached hydrogens (tertiary/aromatic N) is 2. The lowest BCUT2D eigenvalue weighted by Crippen LogP contribution is -2.60. The van der Waals surface area contributed by atoms with Gasteiger partial charge in [-0.1, -0.05) is 26.0 Å². The van der Waals surface area contributed by atoms with Crippen molar-refractivity contribution in [1.82, 2.24) is 15.1 Å². The number of urea groups is 1. The zero-order valence-corrected chi connectivity index (χ0v) is 14.6. The Bertz CT molecular complexity index is 574. The van der Waals surface area contributed by atoms with E-state index in [1.165, 1.54) is 12.1 Å². The van der Waals surface area contributed by atoms with Gasteiger partial charge in [0.15, 0.2) is 0 Å². The first kappa shape index (κ1) is 18.2. The zero-order chi connectivity index (χ0) is 17.7. The number of piperazine rings is 1. The van der Waals surface area contributed by atoms with E-state index >= 15 is 0 Å². The summed E-state index contributed by atoms with van der Waals surface area (Å²) in [6.07, 6.45) is 0.627. The largest absolute Gasteiger partial charge is 0.339 e. The zero-order valence-electron chi connectivity index (χ0n) is 14.6. The highest BCUT2D eigenvalue weighted by atomic mass is 19.1. The molecule has 0 aliphatic carbocycles. The second kappa shape index (κ2) is 8.13. The Balaban J connectivity index is 1.82. The number of halogens is 1. The second-order valence-corrected chi connectivity index (χ2v) is 6.66. The predicted molar refractivity (Wildman–Crippen MR) is 91.1 cm³/mol. The summed E-state index contributed by atoms with van der Waals surface area (Å²) >= 11 is 0. The molecule has 1 N–H and O–H groups in total. The molecule has 24 heavy (non-hydrogen) atoms. The van der Waals surface area contributed by atoms with Gasteiger partial charge in [0.05, 0.1) is 0 Å². The maximum Gasteiger partial charge on any atom is 0.318 e.